The van der Waals surface area contributed by atoms with Gasteiger partial charge in [0.15, 0.2) is 6.61 Å². The van der Waals surface area contributed by atoms with Crippen molar-refractivity contribution in [2.45, 2.75) is 12.5 Å². The van der Waals surface area contributed by atoms with Gasteiger partial charge in [0.25, 0.3) is 0 Å². The van der Waals surface area contributed by atoms with E-state index in [2.05, 4.69) is 15.5 Å². The van der Waals surface area contributed by atoms with Crippen molar-refractivity contribution in [2.24, 2.45) is 0 Å². The summed E-state index contributed by atoms with van der Waals surface area (Å²) in [6.45, 7) is 5.00. The summed E-state index contributed by atoms with van der Waals surface area (Å²) in [5, 5.41) is 14.8. The lowest BCUT2D eigenvalue weighted by Crippen LogP contribution is -2.53. The fraction of sp³-hybridized carbons (Fsp3) is 0.529. The van der Waals surface area contributed by atoms with E-state index in [9.17, 15) is 9.59 Å². The summed E-state index contributed by atoms with van der Waals surface area (Å²) in [4.78, 5) is 27.1. The highest BCUT2D eigenvalue weighted by molar-refractivity contribution is 5.89. The summed E-state index contributed by atoms with van der Waals surface area (Å²) >= 11 is 0. The Hall–Kier alpha value is -2.32. The van der Waals surface area contributed by atoms with Gasteiger partial charge in [0.1, 0.15) is 5.75 Å². The third kappa shape index (κ3) is 4.83. The highest BCUT2D eigenvalue weighted by Gasteiger charge is 2.27. The Morgan fingerprint density at radius 3 is 2.52 bits per heavy atom. The number of piperazine rings is 1. The van der Waals surface area contributed by atoms with Crippen molar-refractivity contribution in [2.75, 3.05) is 51.2 Å². The molecule has 1 unspecified atom stereocenters. The number of carbonyl (C=O) groups is 2. The van der Waals surface area contributed by atoms with Gasteiger partial charge in [-0.05, 0) is 37.2 Å². The lowest BCUT2D eigenvalue weighted by molar-refractivity contribution is -0.139. The molecule has 1 aromatic carbocycles. The predicted molar refractivity (Wildman–Crippen MR) is 93.0 cm³/mol. The van der Waals surface area contributed by atoms with Crippen LogP contribution in [0.25, 0.3) is 0 Å². The Balaban J connectivity index is 1.45. The standard InChI is InChI=1S/C17H24N4O4/c22-16(23)12-25-15-3-1-13(2-4-15)19-17(24)21-9-7-20(8-10-21)14-5-6-18-11-14/h1-4,14,18H,5-12H2,(H,19,24)(H,22,23). The summed E-state index contributed by atoms with van der Waals surface area (Å²) in [6.07, 6.45) is 1.18. The maximum atomic E-state index is 12.4. The number of amides is 2. The van der Waals surface area contributed by atoms with Crippen LogP contribution in [0.3, 0.4) is 0 Å². The minimum absolute atomic E-state index is 0.108. The number of urea groups is 1. The van der Waals surface area contributed by atoms with Gasteiger partial charge >= 0.3 is 12.0 Å². The van der Waals surface area contributed by atoms with Crippen LogP contribution in [0.15, 0.2) is 24.3 Å². The van der Waals surface area contributed by atoms with Crippen LogP contribution in [0.4, 0.5) is 10.5 Å². The molecule has 2 heterocycles. The summed E-state index contributed by atoms with van der Waals surface area (Å²) in [6, 6.07) is 7.19. The first-order valence-electron chi connectivity index (χ1n) is 8.57. The van der Waals surface area contributed by atoms with Crippen LogP contribution in [0, 0.1) is 0 Å². The van der Waals surface area contributed by atoms with Gasteiger partial charge in [0, 0.05) is 44.5 Å². The van der Waals surface area contributed by atoms with Crippen molar-refractivity contribution in [3.63, 3.8) is 0 Å². The molecular formula is C17H24N4O4. The van der Waals surface area contributed by atoms with Crippen molar-refractivity contribution < 1.29 is 19.4 Å². The third-order valence-electron chi connectivity index (χ3n) is 4.62. The molecule has 2 saturated heterocycles. The molecule has 25 heavy (non-hydrogen) atoms. The molecule has 2 aliphatic heterocycles. The fourth-order valence-electron chi connectivity index (χ4n) is 3.22. The molecule has 8 nitrogen and oxygen atoms in total. The van der Waals surface area contributed by atoms with Gasteiger partial charge in [0.05, 0.1) is 0 Å². The normalized spacial score (nSPS) is 21.1. The Kier molecular flexibility index (Phi) is 5.72. The Morgan fingerprint density at radius 1 is 1.20 bits per heavy atom. The zero-order valence-corrected chi connectivity index (χ0v) is 14.1. The quantitative estimate of drug-likeness (QED) is 0.724. The van der Waals surface area contributed by atoms with Crippen LogP contribution in [0.2, 0.25) is 0 Å². The molecule has 2 aliphatic rings. The zero-order valence-electron chi connectivity index (χ0n) is 14.1. The molecule has 1 aromatic rings. The monoisotopic (exact) mass is 348 g/mol. The number of carboxylic acid groups (broad SMARTS) is 1. The maximum absolute atomic E-state index is 12.4. The van der Waals surface area contributed by atoms with Gasteiger partial charge in [-0.2, -0.15) is 0 Å². The van der Waals surface area contributed by atoms with Crippen LogP contribution in [-0.4, -0.2) is 78.8 Å². The van der Waals surface area contributed by atoms with E-state index in [1.165, 1.54) is 6.42 Å². The van der Waals surface area contributed by atoms with Gasteiger partial charge in [-0.3, -0.25) is 4.90 Å². The number of carbonyl (C=O) groups excluding carboxylic acids is 1. The second-order valence-corrected chi connectivity index (χ2v) is 6.31. The number of carboxylic acids is 1. The summed E-state index contributed by atoms with van der Waals surface area (Å²) < 4.78 is 5.07. The number of hydrogen-bond donors (Lipinski definition) is 3. The summed E-state index contributed by atoms with van der Waals surface area (Å²) in [5.74, 6) is -0.566. The van der Waals surface area contributed by atoms with Gasteiger partial charge in [-0.15, -0.1) is 0 Å². The molecule has 2 amide bonds. The number of nitrogens with one attached hydrogen (secondary N) is 2. The van der Waals surface area contributed by atoms with E-state index in [0.717, 1.165) is 39.3 Å². The molecule has 8 heteroatoms. The Bertz CT molecular complexity index is 593. The van der Waals surface area contributed by atoms with Crippen molar-refractivity contribution in [1.29, 1.82) is 0 Å². The number of anilines is 1. The van der Waals surface area contributed by atoms with Crippen LogP contribution in [-0.2, 0) is 4.79 Å². The minimum atomic E-state index is -1.02. The number of nitrogens with zero attached hydrogens (tertiary/aromatic N) is 2. The van der Waals surface area contributed by atoms with E-state index in [4.69, 9.17) is 9.84 Å². The van der Waals surface area contributed by atoms with Crippen molar-refractivity contribution in [3.05, 3.63) is 24.3 Å². The molecule has 3 rings (SSSR count). The second kappa shape index (κ2) is 8.17. The zero-order chi connectivity index (χ0) is 17.6. The molecular weight excluding hydrogens is 324 g/mol. The molecule has 0 saturated carbocycles. The predicted octanol–water partition coefficient (Wildman–Crippen LogP) is 0.661. The average molecular weight is 348 g/mol. The fourth-order valence-corrected chi connectivity index (χ4v) is 3.22. The van der Waals surface area contributed by atoms with Crippen molar-refractivity contribution in [1.82, 2.24) is 15.1 Å². The van der Waals surface area contributed by atoms with Gasteiger partial charge < -0.3 is 25.4 Å². The average Bonchev–Trinajstić information content (AvgIpc) is 3.16. The van der Waals surface area contributed by atoms with Crippen molar-refractivity contribution >= 4 is 17.7 Å². The van der Waals surface area contributed by atoms with Crippen LogP contribution >= 0.6 is 0 Å². The van der Waals surface area contributed by atoms with Crippen molar-refractivity contribution in [3.8, 4) is 5.75 Å². The molecule has 3 N–H and O–H groups in total. The largest absolute Gasteiger partial charge is 0.482 e. The number of aliphatic carboxylic acids is 1. The first-order chi connectivity index (χ1) is 12.1. The first kappa shape index (κ1) is 17.5. The highest BCUT2D eigenvalue weighted by atomic mass is 16.5. The Morgan fingerprint density at radius 2 is 1.92 bits per heavy atom. The molecule has 0 radical (unpaired) electrons. The molecule has 0 spiro atoms. The van der Waals surface area contributed by atoms with Gasteiger partial charge in [-0.1, -0.05) is 0 Å². The molecule has 0 bridgehead atoms. The number of benzene rings is 1. The van der Waals surface area contributed by atoms with Crippen LogP contribution < -0.4 is 15.4 Å². The van der Waals surface area contributed by atoms with E-state index in [1.807, 2.05) is 4.90 Å². The van der Waals surface area contributed by atoms with E-state index in [1.54, 1.807) is 24.3 Å². The van der Waals surface area contributed by atoms with Crippen LogP contribution in [0.1, 0.15) is 6.42 Å². The molecule has 1 atom stereocenters. The summed E-state index contributed by atoms with van der Waals surface area (Å²) in [5.41, 5.74) is 0.662. The number of hydrogen-bond acceptors (Lipinski definition) is 5. The smallest absolute Gasteiger partial charge is 0.341 e. The van der Waals surface area contributed by atoms with E-state index < -0.39 is 5.97 Å². The molecule has 136 valence electrons. The highest BCUT2D eigenvalue weighted by Crippen LogP contribution is 2.17. The first-order valence-corrected chi connectivity index (χ1v) is 8.57. The third-order valence-corrected chi connectivity index (χ3v) is 4.62. The van der Waals surface area contributed by atoms with Crippen LogP contribution in [0.5, 0.6) is 5.75 Å². The second-order valence-electron chi connectivity index (χ2n) is 6.31. The van der Waals surface area contributed by atoms with E-state index in [-0.39, 0.29) is 12.6 Å². The molecule has 0 aromatic heterocycles. The topological polar surface area (TPSA) is 94.1 Å². The molecule has 2 fully saturated rings. The van der Waals surface area contributed by atoms with E-state index >= 15 is 0 Å². The van der Waals surface area contributed by atoms with E-state index in [0.29, 0.717) is 17.5 Å². The summed E-state index contributed by atoms with van der Waals surface area (Å²) in [7, 11) is 0. The number of rotatable bonds is 5. The maximum Gasteiger partial charge on any atom is 0.341 e. The molecule has 0 aliphatic carbocycles. The SMILES string of the molecule is O=C(O)COc1ccc(NC(=O)N2CCN(C3CCNC3)CC2)cc1. The lowest BCUT2D eigenvalue weighted by atomic mass is 10.2. The number of ether oxygens (including phenoxy) is 1. The van der Waals surface area contributed by atoms with Gasteiger partial charge in [-0.25, -0.2) is 9.59 Å². The lowest BCUT2D eigenvalue weighted by Gasteiger charge is -2.37. The van der Waals surface area contributed by atoms with Gasteiger partial charge in [0.2, 0.25) is 0 Å². The Labute approximate surface area is 146 Å². The minimum Gasteiger partial charge on any atom is -0.482 e.